The number of benzene rings is 2. The molecule has 0 spiro atoms. The zero-order valence-electron chi connectivity index (χ0n) is 19.5. The molecule has 2 aromatic carbocycles. The second-order valence-electron chi connectivity index (χ2n) is 7.96. The molecule has 196 valence electrons. The highest BCUT2D eigenvalue weighted by Crippen LogP contribution is 2.22. The molecule has 12 heteroatoms. The Labute approximate surface area is 230 Å². The molecule has 4 N–H and O–H groups in total. The summed E-state index contributed by atoms with van der Waals surface area (Å²) in [7, 11) is 0. The Balaban J connectivity index is 2.13. The van der Waals surface area contributed by atoms with E-state index < -0.39 is 18.4 Å². The second-order valence-corrected chi connectivity index (χ2v) is 9.65. The monoisotopic (exact) mass is 576 g/mol. The molecule has 0 aliphatic carbocycles. The van der Waals surface area contributed by atoms with E-state index in [0.29, 0.717) is 46.0 Å². The molecule has 2 aromatic rings. The summed E-state index contributed by atoms with van der Waals surface area (Å²) in [5.74, 6) is -1.99. The Morgan fingerprint density at radius 2 is 1.31 bits per heavy atom. The van der Waals surface area contributed by atoms with Gasteiger partial charge in [0, 0.05) is 46.3 Å². The first-order valence-electron chi connectivity index (χ1n) is 11.2. The maximum absolute atomic E-state index is 13.1. The van der Waals surface area contributed by atoms with Gasteiger partial charge >= 0.3 is 5.97 Å². The van der Waals surface area contributed by atoms with E-state index in [2.05, 4.69) is 5.32 Å². The van der Waals surface area contributed by atoms with Crippen LogP contribution >= 0.6 is 46.4 Å². The van der Waals surface area contributed by atoms with E-state index >= 15 is 0 Å². The Morgan fingerprint density at radius 3 is 1.75 bits per heavy atom. The number of halogens is 4. The minimum absolute atomic E-state index is 0.0157. The quantitative estimate of drug-likeness (QED) is 0.296. The predicted molar refractivity (Wildman–Crippen MR) is 143 cm³/mol. The fraction of sp³-hybridized carbons (Fsp3) is 0.375. The number of hydrogen-bond acceptors (Lipinski definition) is 5. The first-order valence-corrected chi connectivity index (χ1v) is 12.7. The van der Waals surface area contributed by atoms with Crippen molar-refractivity contribution < 1.29 is 19.5 Å². The van der Waals surface area contributed by atoms with E-state index in [-0.39, 0.29) is 32.1 Å². The standard InChI is InChI=1S/C24H28Cl4N4O4/c25-18-3-1-16(20(27)11-18)5-9-31(22(33)13-30-8-7-29)14-23(34)32(15-24(35)36)10-6-17-2-4-19(26)12-21(17)28/h1-4,11-12,30H,5-10,13-15,29H2,(H,35,36). The molecule has 2 amide bonds. The smallest absolute Gasteiger partial charge is 0.323 e. The van der Waals surface area contributed by atoms with E-state index in [1.165, 1.54) is 9.80 Å². The molecule has 0 bridgehead atoms. The molecule has 0 saturated heterocycles. The van der Waals surface area contributed by atoms with Gasteiger partial charge in [0.25, 0.3) is 0 Å². The highest BCUT2D eigenvalue weighted by atomic mass is 35.5. The third-order valence-corrected chi connectivity index (χ3v) is 6.46. The number of carbonyl (C=O) groups excluding carboxylic acids is 2. The topological polar surface area (TPSA) is 116 Å². The van der Waals surface area contributed by atoms with Crippen LogP contribution in [0.1, 0.15) is 11.1 Å². The van der Waals surface area contributed by atoms with Gasteiger partial charge in [-0.1, -0.05) is 58.5 Å². The zero-order chi connectivity index (χ0) is 26.7. The van der Waals surface area contributed by atoms with Crippen LogP contribution in [-0.2, 0) is 27.2 Å². The third kappa shape index (κ3) is 10.1. The van der Waals surface area contributed by atoms with Gasteiger partial charge in [0.15, 0.2) is 0 Å². The predicted octanol–water partition coefficient (Wildman–Crippen LogP) is 3.38. The van der Waals surface area contributed by atoms with Crippen LogP contribution < -0.4 is 11.1 Å². The molecule has 8 nitrogen and oxygen atoms in total. The van der Waals surface area contributed by atoms with Crippen molar-refractivity contribution in [2.75, 3.05) is 45.8 Å². The molecule has 0 aliphatic heterocycles. The summed E-state index contributed by atoms with van der Waals surface area (Å²) in [6.45, 7) is 0.257. The number of amides is 2. The lowest BCUT2D eigenvalue weighted by Crippen LogP contribution is -2.48. The fourth-order valence-electron chi connectivity index (χ4n) is 3.38. The minimum Gasteiger partial charge on any atom is -0.480 e. The largest absolute Gasteiger partial charge is 0.480 e. The summed E-state index contributed by atoms with van der Waals surface area (Å²) in [6, 6.07) is 10.0. The molecule has 0 fully saturated rings. The second kappa shape index (κ2) is 15.2. The lowest BCUT2D eigenvalue weighted by molar-refractivity contribution is -0.146. The molecule has 2 rings (SSSR count). The number of rotatable bonds is 14. The van der Waals surface area contributed by atoms with Crippen LogP contribution in [0.5, 0.6) is 0 Å². The van der Waals surface area contributed by atoms with Crippen LogP contribution in [-0.4, -0.2) is 78.5 Å². The molecule has 36 heavy (non-hydrogen) atoms. The number of aliphatic carboxylic acids is 1. The van der Waals surface area contributed by atoms with Crippen molar-refractivity contribution in [3.8, 4) is 0 Å². The van der Waals surface area contributed by atoms with Crippen LogP contribution in [0.3, 0.4) is 0 Å². The Morgan fingerprint density at radius 1 is 0.806 bits per heavy atom. The van der Waals surface area contributed by atoms with E-state index in [9.17, 15) is 19.5 Å². The molecular formula is C24H28Cl4N4O4. The molecule has 0 heterocycles. The lowest BCUT2D eigenvalue weighted by atomic mass is 10.1. The van der Waals surface area contributed by atoms with Crippen molar-refractivity contribution in [3.05, 3.63) is 67.6 Å². The summed E-state index contributed by atoms with van der Waals surface area (Å²) in [5, 5.41) is 14.1. The number of carboxylic acid groups (broad SMARTS) is 1. The van der Waals surface area contributed by atoms with Gasteiger partial charge in [-0.3, -0.25) is 14.4 Å². The summed E-state index contributed by atoms with van der Waals surface area (Å²) in [6.07, 6.45) is 0.701. The zero-order valence-corrected chi connectivity index (χ0v) is 22.5. The van der Waals surface area contributed by atoms with Gasteiger partial charge in [0.05, 0.1) is 13.1 Å². The normalized spacial score (nSPS) is 10.8. The van der Waals surface area contributed by atoms with Gasteiger partial charge < -0.3 is 26.0 Å². The summed E-state index contributed by atoms with van der Waals surface area (Å²) in [4.78, 5) is 40.0. The molecule has 0 unspecified atom stereocenters. The van der Waals surface area contributed by atoms with Crippen molar-refractivity contribution in [2.45, 2.75) is 12.8 Å². The average molecular weight is 578 g/mol. The summed E-state index contributed by atoms with van der Waals surface area (Å²) >= 11 is 24.4. The van der Waals surface area contributed by atoms with Crippen LogP contribution in [0, 0.1) is 0 Å². The molecule has 0 atom stereocenters. The maximum Gasteiger partial charge on any atom is 0.323 e. The van der Waals surface area contributed by atoms with E-state index in [4.69, 9.17) is 52.1 Å². The highest BCUT2D eigenvalue weighted by molar-refractivity contribution is 6.35. The van der Waals surface area contributed by atoms with Gasteiger partial charge in [0.1, 0.15) is 6.54 Å². The van der Waals surface area contributed by atoms with Crippen LogP contribution in [0.25, 0.3) is 0 Å². The number of carboxylic acids is 1. The van der Waals surface area contributed by atoms with Crippen molar-refractivity contribution >= 4 is 64.2 Å². The summed E-state index contributed by atoms with van der Waals surface area (Å²) in [5.41, 5.74) is 6.96. The van der Waals surface area contributed by atoms with Crippen molar-refractivity contribution in [1.82, 2.24) is 15.1 Å². The molecule has 0 saturated carbocycles. The van der Waals surface area contributed by atoms with Crippen molar-refractivity contribution in [3.63, 3.8) is 0 Å². The van der Waals surface area contributed by atoms with Crippen LogP contribution in [0.15, 0.2) is 36.4 Å². The van der Waals surface area contributed by atoms with E-state index in [1.807, 2.05) is 0 Å². The van der Waals surface area contributed by atoms with Crippen LogP contribution in [0.4, 0.5) is 0 Å². The first kappa shape index (κ1) is 30.2. The lowest BCUT2D eigenvalue weighted by Gasteiger charge is -2.27. The summed E-state index contributed by atoms with van der Waals surface area (Å²) < 4.78 is 0. The number of nitrogens with one attached hydrogen (secondary N) is 1. The minimum atomic E-state index is -1.17. The van der Waals surface area contributed by atoms with Crippen LogP contribution in [0.2, 0.25) is 20.1 Å². The highest BCUT2D eigenvalue weighted by Gasteiger charge is 2.23. The van der Waals surface area contributed by atoms with Gasteiger partial charge in [-0.05, 0) is 48.2 Å². The van der Waals surface area contributed by atoms with Gasteiger partial charge in [-0.2, -0.15) is 0 Å². The Hall–Kier alpha value is -2.07. The van der Waals surface area contributed by atoms with Gasteiger partial charge in [-0.25, -0.2) is 0 Å². The number of carbonyl (C=O) groups is 3. The molecule has 0 aliphatic rings. The fourth-order valence-corrected chi connectivity index (χ4v) is 4.39. The van der Waals surface area contributed by atoms with Crippen molar-refractivity contribution in [2.24, 2.45) is 5.73 Å². The Kier molecular flexibility index (Phi) is 12.8. The molecule has 0 aromatic heterocycles. The first-order chi connectivity index (χ1) is 17.1. The number of nitrogens with zero attached hydrogens (tertiary/aromatic N) is 2. The van der Waals surface area contributed by atoms with E-state index in [1.54, 1.807) is 36.4 Å². The average Bonchev–Trinajstić information content (AvgIpc) is 2.81. The number of nitrogens with two attached hydrogens (primary N) is 1. The van der Waals surface area contributed by atoms with Gasteiger partial charge in [-0.15, -0.1) is 0 Å². The van der Waals surface area contributed by atoms with Gasteiger partial charge in [0.2, 0.25) is 11.8 Å². The molecular weight excluding hydrogens is 550 g/mol. The van der Waals surface area contributed by atoms with Crippen molar-refractivity contribution in [1.29, 1.82) is 0 Å². The number of hydrogen-bond donors (Lipinski definition) is 3. The third-order valence-electron chi connectivity index (χ3n) is 5.29. The SMILES string of the molecule is NCCNCC(=O)N(CCc1ccc(Cl)cc1Cl)CC(=O)N(CCc1ccc(Cl)cc1Cl)CC(=O)O. The Bertz CT molecular complexity index is 1070. The van der Waals surface area contributed by atoms with E-state index in [0.717, 1.165) is 11.1 Å². The molecule has 0 radical (unpaired) electrons. The maximum atomic E-state index is 13.1.